The van der Waals surface area contributed by atoms with E-state index in [2.05, 4.69) is 15.0 Å². The third kappa shape index (κ3) is 3.70. The SMILES string of the molecule is Cn1ccnc1CNS(=O)(=O)c1ccc(CNC2CC2)s1. The molecule has 21 heavy (non-hydrogen) atoms. The molecule has 0 amide bonds. The molecular weight excluding hydrogens is 308 g/mol. The van der Waals surface area contributed by atoms with Gasteiger partial charge in [-0.3, -0.25) is 0 Å². The van der Waals surface area contributed by atoms with E-state index in [1.807, 2.05) is 13.1 Å². The Kier molecular flexibility index (Phi) is 4.12. The van der Waals surface area contributed by atoms with Crippen molar-refractivity contribution in [2.75, 3.05) is 0 Å². The van der Waals surface area contributed by atoms with Crippen molar-refractivity contribution in [3.05, 3.63) is 35.2 Å². The molecule has 6 nitrogen and oxygen atoms in total. The molecule has 3 rings (SSSR count). The summed E-state index contributed by atoms with van der Waals surface area (Å²) in [5.74, 6) is 0.686. The normalized spacial score (nSPS) is 15.5. The van der Waals surface area contributed by atoms with Crippen LogP contribution < -0.4 is 10.0 Å². The second kappa shape index (κ2) is 5.88. The number of hydrogen-bond donors (Lipinski definition) is 2. The largest absolute Gasteiger partial charge is 0.337 e. The topological polar surface area (TPSA) is 76.0 Å². The van der Waals surface area contributed by atoms with E-state index in [4.69, 9.17) is 0 Å². The second-order valence-corrected chi connectivity index (χ2v) is 8.32. The molecule has 114 valence electrons. The van der Waals surface area contributed by atoms with Gasteiger partial charge >= 0.3 is 0 Å². The van der Waals surface area contributed by atoms with Gasteiger partial charge in [-0.2, -0.15) is 0 Å². The van der Waals surface area contributed by atoms with Crippen LogP contribution in [0.2, 0.25) is 0 Å². The molecule has 1 saturated carbocycles. The predicted octanol–water partition coefficient (Wildman–Crippen LogP) is 1.21. The van der Waals surface area contributed by atoms with Crippen molar-refractivity contribution < 1.29 is 8.42 Å². The number of aromatic nitrogens is 2. The zero-order valence-electron chi connectivity index (χ0n) is 11.7. The molecule has 0 spiro atoms. The number of sulfonamides is 1. The minimum Gasteiger partial charge on any atom is -0.337 e. The van der Waals surface area contributed by atoms with Crippen molar-refractivity contribution in [1.82, 2.24) is 19.6 Å². The highest BCUT2D eigenvalue weighted by Gasteiger charge is 2.21. The number of nitrogens with one attached hydrogen (secondary N) is 2. The fraction of sp³-hybridized carbons (Fsp3) is 0.462. The lowest BCUT2D eigenvalue weighted by molar-refractivity contribution is 0.579. The first-order valence-electron chi connectivity index (χ1n) is 6.82. The Hall–Kier alpha value is -1.22. The molecule has 0 unspecified atom stereocenters. The van der Waals surface area contributed by atoms with E-state index >= 15 is 0 Å². The van der Waals surface area contributed by atoms with Gasteiger partial charge in [-0.05, 0) is 25.0 Å². The monoisotopic (exact) mass is 326 g/mol. The number of rotatable bonds is 7. The van der Waals surface area contributed by atoms with Gasteiger partial charge in [0.05, 0.1) is 6.54 Å². The molecule has 0 saturated heterocycles. The second-order valence-electron chi connectivity index (χ2n) is 5.15. The lowest BCUT2D eigenvalue weighted by atomic mass is 10.4. The lowest BCUT2D eigenvalue weighted by Crippen LogP contribution is -2.24. The molecule has 2 N–H and O–H groups in total. The number of thiophene rings is 1. The minimum absolute atomic E-state index is 0.194. The summed E-state index contributed by atoms with van der Waals surface area (Å²) in [7, 11) is -1.63. The number of nitrogens with zero attached hydrogens (tertiary/aromatic N) is 2. The van der Waals surface area contributed by atoms with E-state index in [0.29, 0.717) is 16.1 Å². The van der Waals surface area contributed by atoms with Crippen molar-refractivity contribution in [3.8, 4) is 0 Å². The zero-order valence-corrected chi connectivity index (χ0v) is 13.4. The van der Waals surface area contributed by atoms with Crippen LogP contribution in [0.3, 0.4) is 0 Å². The van der Waals surface area contributed by atoms with E-state index in [1.54, 1.807) is 23.0 Å². The summed E-state index contributed by atoms with van der Waals surface area (Å²) < 4.78 is 29.2. The van der Waals surface area contributed by atoms with Crippen LogP contribution in [0, 0.1) is 0 Å². The van der Waals surface area contributed by atoms with Crippen LogP contribution in [0.4, 0.5) is 0 Å². The molecule has 1 aliphatic carbocycles. The van der Waals surface area contributed by atoms with E-state index < -0.39 is 10.0 Å². The predicted molar refractivity (Wildman–Crippen MR) is 81.4 cm³/mol. The summed E-state index contributed by atoms with van der Waals surface area (Å²) in [6.07, 6.45) is 5.89. The van der Waals surface area contributed by atoms with Crippen LogP contribution in [0.15, 0.2) is 28.7 Å². The maximum Gasteiger partial charge on any atom is 0.250 e. The first kappa shape index (κ1) is 14.7. The van der Waals surface area contributed by atoms with E-state index in [0.717, 1.165) is 11.4 Å². The molecule has 0 atom stereocenters. The summed E-state index contributed by atoms with van der Waals surface area (Å²) in [6.45, 7) is 0.934. The van der Waals surface area contributed by atoms with Crippen molar-refractivity contribution in [2.24, 2.45) is 7.05 Å². The van der Waals surface area contributed by atoms with Crippen LogP contribution in [0.25, 0.3) is 0 Å². The van der Waals surface area contributed by atoms with Crippen molar-refractivity contribution in [1.29, 1.82) is 0 Å². The molecule has 2 heterocycles. The summed E-state index contributed by atoms with van der Waals surface area (Å²) in [6, 6.07) is 4.15. The number of hydrogen-bond acceptors (Lipinski definition) is 5. The first-order chi connectivity index (χ1) is 10.0. The van der Waals surface area contributed by atoms with Gasteiger partial charge in [0.2, 0.25) is 10.0 Å². The fourth-order valence-corrected chi connectivity index (χ4v) is 4.26. The van der Waals surface area contributed by atoms with Crippen molar-refractivity contribution in [3.63, 3.8) is 0 Å². The number of aryl methyl sites for hydroxylation is 1. The van der Waals surface area contributed by atoms with E-state index in [1.165, 1.54) is 24.2 Å². The zero-order chi connectivity index (χ0) is 14.9. The highest BCUT2D eigenvalue weighted by Crippen LogP contribution is 2.24. The van der Waals surface area contributed by atoms with E-state index in [-0.39, 0.29) is 6.54 Å². The molecule has 0 aliphatic heterocycles. The van der Waals surface area contributed by atoms with Crippen LogP contribution >= 0.6 is 11.3 Å². The highest BCUT2D eigenvalue weighted by atomic mass is 32.2. The fourth-order valence-electron chi connectivity index (χ4n) is 1.93. The van der Waals surface area contributed by atoms with Crippen LogP contribution in [-0.4, -0.2) is 24.0 Å². The average Bonchev–Trinajstić information content (AvgIpc) is 2.98. The first-order valence-corrected chi connectivity index (χ1v) is 9.12. The highest BCUT2D eigenvalue weighted by molar-refractivity contribution is 7.91. The maximum absolute atomic E-state index is 12.2. The average molecular weight is 326 g/mol. The molecule has 1 aliphatic rings. The molecule has 8 heteroatoms. The third-order valence-electron chi connectivity index (χ3n) is 3.39. The van der Waals surface area contributed by atoms with Crippen molar-refractivity contribution in [2.45, 2.75) is 36.2 Å². The summed E-state index contributed by atoms with van der Waals surface area (Å²) in [4.78, 5) is 5.14. The summed E-state index contributed by atoms with van der Waals surface area (Å²) in [5.41, 5.74) is 0. The van der Waals surface area contributed by atoms with Gasteiger partial charge in [-0.1, -0.05) is 0 Å². The summed E-state index contributed by atoms with van der Waals surface area (Å²) >= 11 is 1.31. The van der Waals surface area contributed by atoms with Gasteiger partial charge in [-0.25, -0.2) is 18.1 Å². The minimum atomic E-state index is -3.47. The van der Waals surface area contributed by atoms with E-state index in [9.17, 15) is 8.42 Å². The Labute approximate surface area is 128 Å². The Morgan fingerprint density at radius 3 is 2.86 bits per heavy atom. The van der Waals surface area contributed by atoms with Crippen LogP contribution in [0.5, 0.6) is 0 Å². The lowest BCUT2D eigenvalue weighted by Gasteiger charge is -2.04. The molecule has 2 aromatic rings. The van der Waals surface area contributed by atoms with Gasteiger partial charge in [0.25, 0.3) is 0 Å². The summed E-state index contributed by atoms with van der Waals surface area (Å²) in [5, 5.41) is 3.38. The third-order valence-corrected chi connectivity index (χ3v) is 6.36. The van der Waals surface area contributed by atoms with Crippen molar-refractivity contribution >= 4 is 21.4 Å². The molecule has 0 bridgehead atoms. The Bertz CT molecular complexity index is 716. The van der Waals surface area contributed by atoms with Gasteiger partial charge < -0.3 is 9.88 Å². The molecule has 0 radical (unpaired) electrons. The smallest absolute Gasteiger partial charge is 0.250 e. The quantitative estimate of drug-likeness (QED) is 0.802. The van der Waals surface area contributed by atoms with Gasteiger partial charge in [0, 0.05) is 36.9 Å². The maximum atomic E-state index is 12.2. The Morgan fingerprint density at radius 2 is 2.19 bits per heavy atom. The molecule has 2 aromatic heterocycles. The van der Waals surface area contributed by atoms with Crippen LogP contribution in [0.1, 0.15) is 23.5 Å². The standard InChI is InChI=1S/C13H18N4O2S2/c1-17-7-6-14-12(17)9-16-21(18,19)13-5-4-11(20-13)8-15-10-2-3-10/h4-7,10,15-16H,2-3,8-9H2,1H3. The van der Waals surface area contributed by atoms with Crippen LogP contribution in [-0.2, 0) is 30.2 Å². The van der Waals surface area contributed by atoms with Gasteiger partial charge in [0.1, 0.15) is 10.0 Å². The number of imidazole rings is 1. The molecule has 0 aromatic carbocycles. The Balaban J connectivity index is 1.62. The van der Waals surface area contributed by atoms with Gasteiger partial charge in [-0.15, -0.1) is 11.3 Å². The Morgan fingerprint density at radius 1 is 1.38 bits per heavy atom. The van der Waals surface area contributed by atoms with Gasteiger partial charge in [0.15, 0.2) is 0 Å². The molecule has 1 fully saturated rings. The molecular formula is C13H18N4O2S2.